The maximum Gasteiger partial charge on any atom is 0.101 e. The molecule has 0 radical (unpaired) electrons. The van der Waals surface area contributed by atoms with Gasteiger partial charge in [-0.1, -0.05) is 54.1 Å². The van der Waals surface area contributed by atoms with Gasteiger partial charge in [-0.2, -0.15) is 0 Å². The maximum atomic E-state index is 6.22. The van der Waals surface area contributed by atoms with Gasteiger partial charge in [0.15, 0.2) is 0 Å². The van der Waals surface area contributed by atoms with Crippen molar-refractivity contribution in [1.82, 2.24) is 0 Å². The van der Waals surface area contributed by atoms with E-state index in [0.717, 1.165) is 16.4 Å². The zero-order valence-electron chi connectivity index (χ0n) is 12.3. The molecule has 23 heavy (non-hydrogen) atoms. The number of thiophene rings is 1. The minimum atomic E-state index is 0.740. The first-order chi connectivity index (χ1) is 11.3. The first kappa shape index (κ1) is 14.3. The zero-order valence-corrected chi connectivity index (χ0v) is 13.9. The van der Waals surface area contributed by atoms with Crippen LogP contribution in [0.2, 0.25) is 5.02 Å². The van der Waals surface area contributed by atoms with Crippen LogP contribution < -0.4 is 4.90 Å². The molecule has 3 heteroatoms. The van der Waals surface area contributed by atoms with Gasteiger partial charge in [0.2, 0.25) is 0 Å². The number of benzene rings is 3. The van der Waals surface area contributed by atoms with Crippen molar-refractivity contribution in [2.24, 2.45) is 0 Å². The van der Waals surface area contributed by atoms with E-state index in [-0.39, 0.29) is 0 Å². The molecule has 0 amide bonds. The number of nitrogens with zero attached hydrogens (tertiary/aromatic N) is 1. The summed E-state index contributed by atoms with van der Waals surface area (Å²) in [6.07, 6.45) is 0. The molecule has 4 aromatic rings. The lowest BCUT2D eigenvalue weighted by Crippen LogP contribution is -2.07. The lowest BCUT2D eigenvalue weighted by molar-refractivity contribution is 1.32. The number of halogens is 1. The molecule has 0 N–H and O–H groups in total. The fraction of sp³-hybridized carbons (Fsp3) is 0. The predicted octanol–water partition coefficient (Wildman–Crippen LogP) is 7.02. The van der Waals surface area contributed by atoms with Crippen molar-refractivity contribution in [2.75, 3.05) is 4.90 Å². The molecule has 0 unspecified atom stereocenters. The second-order valence-electron chi connectivity index (χ2n) is 5.27. The fourth-order valence-electron chi connectivity index (χ4n) is 2.67. The molecule has 0 atom stereocenters. The number of hydrogen-bond acceptors (Lipinski definition) is 2. The minimum absolute atomic E-state index is 0.740. The van der Waals surface area contributed by atoms with E-state index < -0.39 is 0 Å². The number of rotatable bonds is 3. The van der Waals surface area contributed by atoms with Crippen molar-refractivity contribution >= 4 is 49.4 Å². The van der Waals surface area contributed by atoms with Crippen molar-refractivity contribution in [3.8, 4) is 0 Å². The van der Waals surface area contributed by atoms with Crippen LogP contribution >= 0.6 is 22.9 Å². The molecule has 0 saturated carbocycles. The number of hydrogen-bond donors (Lipinski definition) is 0. The Balaban J connectivity index is 1.91. The lowest BCUT2D eigenvalue weighted by atomic mass is 10.2. The van der Waals surface area contributed by atoms with E-state index in [9.17, 15) is 0 Å². The Hall–Kier alpha value is -2.29. The van der Waals surface area contributed by atoms with Crippen molar-refractivity contribution in [1.29, 1.82) is 0 Å². The topological polar surface area (TPSA) is 3.24 Å². The van der Waals surface area contributed by atoms with Gasteiger partial charge >= 0.3 is 0 Å². The smallest absolute Gasteiger partial charge is 0.101 e. The summed E-state index contributed by atoms with van der Waals surface area (Å²) in [5, 5.41) is 3.18. The van der Waals surface area contributed by atoms with E-state index in [4.69, 9.17) is 11.6 Å². The molecule has 0 saturated heterocycles. The summed E-state index contributed by atoms with van der Waals surface area (Å²) in [5.41, 5.74) is 2.19. The van der Waals surface area contributed by atoms with Gasteiger partial charge in [-0.15, -0.1) is 11.3 Å². The van der Waals surface area contributed by atoms with E-state index >= 15 is 0 Å². The summed E-state index contributed by atoms with van der Waals surface area (Å²) < 4.78 is 1.28. The Kier molecular flexibility index (Phi) is 3.78. The largest absolute Gasteiger partial charge is 0.302 e. The molecular formula is C20H14ClNS. The maximum absolute atomic E-state index is 6.22. The average molecular weight is 336 g/mol. The fourth-order valence-corrected chi connectivity index (χ4v) is 3.96. The Morgan fingerprint density at radius 3 is 2.22 bits per heavy atom. The van der Waals surface area contributed by atoms with Crippen LogP contribution in [0, 0.1) is 0 Å². The highest BCUT2D eigenvalue weighted by molar-refractivity contribution is 7.23. The SMILES string of the molecule is Clc1cccc(N(c2ccccc2)c2cc3ccccc3s2)c1. The molecule has 112 valence electrons. The molecule has 1 aromatic heterocycles. The van der Waals surface area contributed by atoms with Crippen molar-refractivity contribution in [3.05, 3.63) is 90.0 Å². The molecule has 0 aliphatic carbocycles. The molecule has 0 fully saturated rings. The third kappa shape index (κ3) is 2.83. The van der Waals surface area contributed by atoms with Crippen LogP contribution in [0.4, 0.5) is 16.4 Å². The van der Waals surface area contributed by atoms with Crippen LogP contribution in [0.25, 0.3) is 10.1 Å². The number of para-hydroxylation sites is 1. The van der Waals surface area contributed by atoms with E-state index in [1.807, 2.05) is 24.3 Å². The Bertz CT molecular complexity index is 913. The van der Waals surface area contributed by atoms with Crippen LogP contribution in [-0.2, 0) is 0 Å². The van der Waals surface area contributed by atoms with Gasteiger partial charge < -0.3 is 4.90 Å². The van der Waals surface area contributed by atoms with Crippen LogP contribution in [0.3, 0.4) is 0 Å². The lowest BCUT2D eigenvalue weighted by Gasteiger charge is -2.23. The summed E-state index contributed by atoms with van der Waals surface area (Å²) in [7, 11) is 0. The van der Waals surface area contributed by atoms with Crippen LogP contribution in [0.5, 0.6) is 0 Å². The Labute approximate surface area is 144 Å². The second kappa shape index (κ2) is 6.07. The van der Waals surface area contributed by atoms with Gasteiger partial charge in [0.1, 0.15) is 5.00 Å². The third-order valence-electron chi connectivity index (χ3n) is 3.71. The molecule has 4 rings (SSSR count). The molecule has 0 aliphatic rings. The molecule has 0 aliphatic heterocycles. The molecule has 3 aromatic carbocycles. The van der Waals surface area contributed by atoms with Gasteiger partial charge in [0, 0.05) is 21.1 Å². The second-order valence-corrected chi connectivity index (χ2v) is 6.77. The van der Waals surface area contributed by atoms with E-state index in [1.54, 1.807) is 11.3 Å². The summed E-state index contributed by atoms with van der Waals surface area (Å²) in [5.74, 6) is 0. The Morgan fingerprint density at radius 2 is 1.43 bits per heavy atom. The first-order valence-corrected chi connectivity index (χ1v) is 8.60. The van der Waals surface area contributed by atoms with E-state index in [0.29, 0.717) is 0 Å². The third-order valence-corrected chi connectivity index (χ3v) is 5.05. The molecule has 0 bridgehead atoms. The van der Waals surface area contributed by atoms with Gasteiger partial charge in [0.05, 0.1) is 0 Å². The summed E-state index contributed by atoms with van der Waals surface area (Å²) in [6.45, 7) is 0. The van der Waals surface area contributed by atoms with E-state index in [2.05, 4.69) is 65.6 Å². The standard InChI is InChI=1S/C20H14ClNS/c21-16-8-6-11-18(14-16)22(17-9-2-1-3-10-17)20-13-15-7-4-5-12-19(15)23-20/h1-14H. The van der Waals surface area contributed by atoms with Crippen molar-refractivity contribution in [3.63, 3.8) is 0 Å². The zero-order chi connectivity index (χ0) is 15.6. The van der Waals surface area contributed by atoms with Gasteiger partial charge in [-0.25, -0.2) is 0 Å². The van der Waals surface area contributed by atoms with Crippen molar-refractivity contribution < 1.29 is 0 Å². The van der Waals surface area contributed by atoms with Gasteiger partial charge in [0.25, 0.3) is 0 Å². The number of fused-ring (bicyclic) bond motifs is 1. The number of anilines is 3. The summed E-state index contributed by atoms with van der Waals surface area (Å²) >= 11 is 8.00. The molecule has 1 heterocycles. The van der Waals surface area contributed by atoms with E-state index in [1.165, 1.54) is 15.1 Å². The normalized spacial score (nSPS) is 10.8. The molecule has 0 spiro atoms. The summed E-state index contributed by atoms with van der Waals surface area (Å²) in [4.78, 5) is 2.25. The monoisotopic (exact) mass is 335 g/mol. The highest BCUT2D eigenvalue weighted by Gasteiger charge is 2.15. The van der Waals surface area contributed by atoms with Gasteiger partial charge in [-0.05, 0) is 47.9 Å². The highest BCUT2D eigenvalue weighted by Crippen LogP contribution is 2.41. The molecule has 1 nitrogen and oxygen atoms in total. The van der Waals surface area contributed by atoms with Crippen LogP contribution in [0.15, 0.2) is 84.9 Å². The van der Waals surface area contributed by atoms with Gasteiger partial charge in [-0.3, -0.25) is 0 Å². The minimum Gasteiger partial charge on any atom is -0.302 e. The average Bonchev–Trinajstić information content (AvgIpc) is 2.99. The van der Waals surface area contributed by atoms with Crippen LogP contribution in [0.1, 0.15) is 0 Å². The Morgan fingerprint density at radius 1 is 0.696 bits per heavy atom. The van der Waals surface area contributed by atoms with Crippen molar-refractivity contribution in [2.45, 2.75) is 0 Å². The van der Waals surface area contributed by atoms with Crippen LogP contribution in [-0.4, -0.2) is 0 Å². The predicted molar refractivity (Wildman–Crippen MR) is 102 cm³/mol. The molecular weight excluding hydrogens is 322 g/mol. The first-order valence-electron chi connectivity index (χ1n) is 7.40. The quantitative estimate of drug-likeness (QED) is 0.388. The summed E-state index contributed by atoms with van der Waals surface area (Å²) in [6, 6.07) is 29.0. The highest BCUT2D eigenvalue weighted by atomic mass is 35.5.